The number of hydrogen-bond acceptors (Lipinski definition) is 3. The second kappa shape index (κ2) is 10.5. The maximum absolute atomic E-state index is 12.4. The number of aryl methyl sites for hydroxylation is 1. The third kappa shape index (κ3) is 6.25. The number of carbonyl (C=O) groups excluding carboxylic acids is 1. The molecule has 2 aromatic rings. The largest absolute Gasteiger partial charge is 0.484 e. The molecule has 2 aromatic carbocycles. The van der Waals surface area contributed by atoms with Gasteiger partial charge in [0.25, 0.3) is 5.91 Å². The molecule has 0 unspecified atom stereocenters. The Morgan fingerprint density at radius 3 is 2.25 bits per heavy atom. The monoisotopic (exact) mass is 400 g/mol. The van der Waals surface area contributed by atoms with Gasteiger partial charge in [0.15, 0.2) is 6.61 Å². The number of benzene rings is 2. The molecule has 0 bridgehead atoms. The number of rotatable bonds is 8. The van der Waals surface area contributed by atoms with Crippen LogP contribution in [0.4, 0.5) is 0 Å². The molecule has 1 saturated heterocycles. The first-order valence-corrected chi connectivity index (χ1v) is 10.5. The second-order valence-electron chi connectivity index (χ2n) is 7.32. The van der Waals surface area contributed by atoms with Gasteiger partial charge in [-0.1, -0.05) is 49.2 Å². The SMILES string of the molecule is CCCCc1ccc(OCC(=O)N2CCN(Cc3ccc(Cl)cc3)CC2)cc1. The molecule has 1 fully saturated rings. The number of ether oxygens (including phenoxy) is 1. The van der Waals surface area contributed by atoms with Gasteiger partial charge in [0.1, 0.15) is 5.75 Å². The van der Waals surface area contributed by atoms with Gasteiger partial charge in [-0.2, -0.15) is 0 Å². The third-order valence-corrected chi connectivity index (χ3v) is 5.40. The first kappa shape index (κ1) is 20.7. The molecule has 150 valence electrons. The van der Waals surface area contributed by atoms with Gasteiger partial charge < -0.3 is 9.64 Å². The summed E-state index contributed by atoms with van der Waals surface area (Å²) >= 11 is 5.94. The number of carbonyl (C=O) groups is 1. The van der Waals surface area contributed by atoms with E-state index in [1.54, 1.807) is 0 Å². The lowest BCUT2D eigenvalue weighted by Gasteiger charge is -2.34. The molecule has 4 nitrogen and oxygen atoms in total. The summed E-state index contributed by atoms with van der Waals surface area (Å²) in [5, 5.41) is 0.759. The summed E-state index contributed by atoms with van der Waals surface area (Å²) in [5.74, 6) is 0.816. The van der Waals surface area contributed by atoms with Gasteiger partial charge in [-0.15, -0.1) is 0 Å². The van der Waals surface area contributed by atoms with Crippen molar-refractivity contribution in [3.63, 3.8) is 0 Å². The standard InChI is InChI=1S/C23H29ClN2O2/c1-2-3-4-19-7-11-22(12-8-19)28-18-23(27)26-15-13-25(14-16-26)17-20-5-9-21(24)10-6-20/h5-12H,2-4,13-18H2,1H3. The van der Waals surface area contributed by atoms with E-state index >= 15 is 0 Å². The lowest BCUT2D eigenvalue weighted by Crippen LogP contribution is -2.49. The average molecular weight is 401 g/mol. The van der Waals surface area contributed by atoms with Crippen LogP contribution in [0.1, 0.15) is 30.9 Å². The minimum absolute atomic E-state index is 0.0567. The topological polar surface area (TPSA) is 32.8 Å². The van der Waals surface area contributed by atoms with Crippen LogP contribution in [-0.4, -0.2) is 48.5 Å². The zero-order chi connectivity index (χ0) is 19.8. The molecule has 0 saturated carbocycles. The van der Waals surface area contributed by atoms with Crippen molar-refractivity contribution >= 4 is 17.5 Å². The van der Waals surface area contributed by atoms with E-state index in [0.717, 1.165) is 49.9 Å². The van der Waals surface area contributed by atoms with Crippen LogP contribution in [0.2, 0.25) is 5.02 Å². The summed E-state index contributed by atoms with van der Waals surface area (Å²) in [6, 6.07) is 16.1. The minimum Gasteiger partial charge on any atom is -0.484 e. The Morgan fingerprint density at radius 2 is 1.61 bits per heavy atom. The molecule has 1 heterocycles. The Bertz CT molecular complexity index is 738. The Labute approximate surface area is 173 Å². The fraction of sp³-hybridized carbons (Fsp3) is 0.435. The first-order chi connectivity index (χ1) is 13.6. The van der Waals surface area contributed by atoms with Crippen LogP contribution in [0.3, 0.4) is 0 Å². The maximum atomic E-state index is 12.4. The molecular formula is C23H29ClN2O2. The van der Waals surface area contributed by atoms with Crippen molar-refractivity contribution in [2.45, 2.75) is 32.7 Å². The maximum Gasteiger partial charge on any atom is 0.260 e. The lowest BCUT2D eigenvalue weighted by atomic mass is 10.1. The third-order valence-electron chi connectivity index (χ3n) is 5.15. The number of hydrogen-bond donors (Lipinski definition) is 0. The number of amides is 1. The number of halogens is 1. The number of nitrogens with zero attached hydrogens (tertiary/aromatic N) is 2. The highest BCUT2D eigenvalue weighted by Crippen LogP contribution is 2.15. The molecule has 1 aliphatic heterocycles. The van der Waals surface area contributed by atoms with Crippen molar-refractivity contribution in [2.75, 3.05) is 32.8 Å². The van der Waals surface area contributed by atoms with E-state index in [1.807, 2.05) is 29.2 Å². The fourth-order valence-corrected chi connectivity index (χ4v) is 3.50. The van der Waals surface area contributed by atoms with Crippen LogP contribution in [-0.2, 0) is 17.8 Å². The van der Waals surface area contributed by atoms with Gasteiger partial charge in [-0.05, 0) is 48.2 Å². The van der Waals surface area contributed by atoms with Crippen LogP contribution in [0.5, 0.6) is 5.75 Å². The molecule has 0 N–H and O–H groups in total. The van der Waals surface area contributed by atoms with E-state index in [-0.39, 0.29) is 12.5 Å². The minimum atomic E-state index is 0.0567. The Balaban J connectivity index is 1.39. The van der Waals surface area contributed by atoms with Gasteiger partial charge in [0.05, 0.1) is 0 Å². The molecule has 1 amide bonds. The predicted molar refractivity (Wildman–Crippen MR) is 114 cm³/mol. The molecule has 1 aliphatic rings. The van der Waals surface area contributed by atoms with E-state index in [9.17, 15) is 4.79 Å². The van der Waals surface area contributed by atoms with Crippen molar-refractivity contribution in [1.82, 2.24) is 9.80 Å². The first-order valence-electron chi connectivity index (χ1n) is 10.1. The fourth-order valence-electron chi connectivity index (χ4n) is 3.37. The van der Waals surface area contributed by atoms with Gasteiger partial charge in [-0.25, -0.2) is 0 Å². The van der Waals surface area contributed by atoms with Crippen LogP contribution in [0.15, 0.2) is 48.5 Å². The summed E-state index contributed by atoms with van der Waals surface area (Å²) in [4.78, 5) is 16.7. The molecule has 5 heteroatoms. The highest BCUT2D eigenvalue weighted by atomic mass is 35.5. The van der Waals surface area contributed by atoms with Crippen LogP contribution in [0.25, 0.3) is 0 Å². The quantitative estimate of drug-likeness (QED) is 0.658. The summed E-state index contributed by atoms with van der Waals surface area (Å²) in [6.45, 7) is 6.42. The molecule has 0 spiro atoms. The van der Waals surface area contributed by atoms with Gasteiger partial charge >= 0.3 is 0 Å². The molecular weight excluding hydrogens is 372 g/mol. The zero-order valence-electron chi connectivity index (χ0n) is 16.6. The van der Waals surface area contributed by atoms with Crippen LogP contribution < -0.4 is 4.74 Å². The summed E-state index contributed by atoms with van der Waals surface area (Å²) in [6.07, 6.45) is 3.48. The van der Waals surface area contributed by atoms with Crippen LogP contribution >= 0.6 is 11.6 Å². The summed E-state index contributed by atoms with van der Waals surface area (Å²) < 4.78 is 5.70. The van der Waals surface area contributed by atoms with Crippen LogP contribution in [0, 0.1) is 0 Å². The average Bonchev–Trinajstić information content (AvgIpc) is 2.73. The van der Waals surface area contributed by atoms with Crippen molar-refractivity contribution < 1.29 is 9.53 Å². The lowest BCUT2D eigenvalue weighted by molar-refractivity contribution is -0.135. The summed E-state index contributed by atoms with van der Waals surface area (Å²) in [5.41, 5.74) is 2.56. The molecule has 28 heavy (non-hydrogen) atoms. The van der Waals surface area contributed by atoms with E-state index in [0.29, 0.717) is 0 Å². The van der Waals surface area contributed by atoms with Gasteiger partial charge in [0.2, 0.25) is 0 Å². The van der Waals surface area contributed by atoms with E-state index in [1.165, 1.54) is 24.0 Å². The van der Waals surface area contributed by atoms with Crippen molar-refractivity contribution in [2.24, 2.45) is 0 Å². The second-order valence-corrected chi connectivity index (χ2v) is 7.76. The highest BCUT2D eigenvalue weighted by molar-refractivity contribution is 6.30. The van der Waals surface area contributed by atoms with Gasteiger partial charge in [-0.3, -0.25) is 9.69 Å². The molecule has 0 aliphatic carbocycles. The van der Waals surface area contributed by atoms with Crippen molar-refractivity contribution in [1.29, 1.82) is 0 Å². The van der Waals surface area contributed by atoms with E-state index < -0.39 is 0 Å². The van der Waals surface area contributed by atoms with Gasteiger partial charge in [0, 0.05) is 37.7 Å². The number of piperazine rings is 1. The zero-order valence-corrected chi connectivity index (χ0v) is 17.3. The van der Waals surface area contributed by atoms with E-state index in [4.69, 9.17) is 16.3 Å². The smallest absolute Gasteiger partial charge is 0.260 e. The Kier molecular flexibility index (Phi) is 7.75. The normalized spacial score (nSPS) is 14.9. The van der Waals surface area contributed by atoms with E-state index in [2.05, 4.69) is 36.1 Å². The summed E-state index contributed by atoms with van der Waals surface area (Å²) in [7, 11) is 0. The predicted octanol–water partition coefficient (Wildman–Crippen LogP) is 4.41. The van der Waals surface area contributed by atoms with Crippen molar-refractivity contribution in [3.8, 4) is 5.75 Å². The molecule has 0 aromatic heterocycles. The highest BCUT2D eigenvalue weighted by Gasteiger charge is 2.21. The number of unbranched alkanes of at least 4 members (excludes halogenated alkanes) is 1. The van der Waals surface area contributed by atoms with Crippen molar-refractivity contribution in [3.05, 3.63) is 64.7 Å². The molecule has 0 atom stereocenters. The molecule has 0 radical (unpaired) electrons. The molecule has 3 rings (SSSR count). The Hall–Kier alpha value is -2.04. The Morgan fingerprint density at radius 1 is 0.964 bits per heavy atom.